The normalized spacial score (nSPS) is 22.7. The third kappa shape index (κ3) is 8.47. The molecule has 7 nitrogen and oxygen atoms in total. The van der Waals surface area contributed by atoms with Crippen molar-refractivity contribution in [2.75, 3.05) is 6.61 Å². The molecule has 2 aliphatic rings. The lowest BCUT2D eigenvalue weighted by Gasteiger charge is -2.33. The molecule has 7 heteroatoms. The monoisotopic (exact) mass is 530 g/mol. The second-order valence-electron chi connectivity index (χ2n) is 11.0. The van der Waals surface area contributed by atoms with Crippen LogP contribution in [0.2, 0.25) is 0 Å². The first-order chi connectivity index (χ1) is 18.4. The molecule has 1 aromatic rings. The minimum absolute atomic E-state index is 0.0986. The number of fused-ring (bicyclic) bond motifs is 2. The van der Waals surface area contributed by atoms with Gasteiger partial charge in [0.2, 0.25) is 0 Å². The van der Waals surface area contributed by atoms with Crippen molar-refractivity contribution in [3.05, 3.63) is 29.3 Å². The molecule has 1 fully saturated rings. The Kier molecular flexibility index (Phi) is 11.9. The molecule has 1 saturated carbocycles. The van der Waals surface area contributed by atoms with Crippen LogP contribution >= 0.6 is 0 Å². The van der Waals surface area contributed by atoms with Crippen molar-refractivity contribution in [2.24, 2.45) is 17.8 Å². The summed E-state index contributed by atoms with van der Waals surface area (Å²) in [7, 11) is 0. The molecule has 0 radical (unpaired) electrons. The van der Waals surface area contributed by atoms with Crippen molar-refractivity contribution >= 4 is 17.9 Å². The number of carbonyl (C=O) groups is 3. The average Bonchev–Trinajstić information content (AvgIpc) is 3.20. The molecule has 0 saturated heterocycles. The quantitative estimate of drug-likeness (QED) is 0.198. The van der Waals surface area contributed by atoms with Gasteiger partial charge in [-0.3, -0.25) is 9.59 Å². The lowest BCUT2D eigenvalue weighted by molar-refractivity contribution is -0.152. The number of carboxylic acid groups (broad SMARTS) is 1. The van der Waals surface area contributed by atoms with Crippen LogP contribution in [0.1, 0.15) is 103 Å². The van der Waals surface area contributed by atoms with Crippen LogP contribution in [0.25, 0.3) is 0 Å². The number of aliphatic carboxylic acids is 1. The summed E-state index contributed by atoms with van der Waals surface area (Å²) in [5.74, 6) is 0.291. The molecule has 0 bridgehead atoms. The number of esters is 2. The van der Waals surface area contributed by atoms with Gasteiger partial charge >= 0.3 is 17.9 Å². The molecule has 212 valence electrons. The molecule has 5 atom stereocenters. The molecule has 0 unspecified atom stereocenters. The summed E-state index contributed by atoms with van der Waals surface area (Å²) in [6.07, 6.45) is 10.4. The molecule has 1 N–H and O–H groups in total. The fourth-order valence-corrected chi connectivity index (χ4v) is 6.33. The zero-order chi connectivity index (χ0) is 27.5. The van der Waals surface area contributed by atoms with Gasteiger partial charge in [-0.15, -0.1) is 0 Å². The first-order valence-corrected chi connectivity index (χ1v) is 14.7. The summed E-state index contributed by atoms with van der Waals surface area (Å²) in [5, 5.41) is 9.08. The lowest BCUT2D eigenvalue weighted by Crippen LogP contribution is -2.30. The molecular weight excluding hydrogens is 484 g/mol. The Balaban J connectivity index is 1.77. The zero-order valence-corrected chi connectivity index (χ0v) is 23.4. The van der Waals surface area contributed by atoms with Crippen molar-refractivity contribution in [1.29, 1.82) is 0 Å². The third-order valence-electron chi connectivity index (χ3n) is 8.11. The summed E-state index contributed by atoms with van der Waals surface area (Å²) in [4.78, 5) is 35.9. The zero-order valence-electron chi connectivity index (χ0n) is 23.4. The number of hydrogen-bond acceptors (Lipinski definition) is 6. The van der Waals surface area contributed by atoms with E-state index < -0.39 is 5.97 Å². The molecule has 3 rings (SSSR count). The van der Waals surface area contributed by atoms with Gasteiger partial charge in [-0.25, -0.2) is 4.79 Å². The summed E-state index contributed by atoms with van der Waals surface area (Å²) in [6, 6.07) is 5.88. The largest absolute Gasteiger partial charge is 0.482 e. The van der Waals surface area contributed by atoms with E-state index in [9.17, 15) is 14.4 Å². The minimum atomic E-state index is -0.992. The molecule has 2 aliphatic carbocycles. The minimum Gasteiger partial charge on any atom is -0.482 e. The van der Waals surface area contributed by atoms with E-state index in [1.807, 2.05) is 26.0 Å². The third-order valence-corrected chi connectivity index (χ3v) is 8.11. The summed E-state index contributed by atoms with van der Waals surface area (Å²) in [6.45, 7) is 5.78. The van der Waals surface area contributed by atoms with E-state index in [0.717, 1.165) is 76.2 Å². The van der Waals surface area contributed by atoms with Gasteiger partial charge in [-0.1, -0.05) is 45.7 Å². The number of ether oxygens (including phenoxy) is 3. The van der Waals surface area contributed by atoms with Crippen LogP contribution in [0.4, 0.5) is 0 Å². The van der Waals surface area contributed by atoms with Gasteiger partial charge in [0.15, 0.2) is 6.61 Å². The van der Waals surface area contributed by atoms with E-state index in [1.165, 1.54) is 5.56 Å². The number of benzene rings is 1. The van der Waals surface area contributed by atoms with E-state index in [2.05, 4.69) is 13.0 Å². The van der Waals surface area contributed by atoms with Crippen LogP contribution in [-0.2, 0) is 36.7 Å². The first kappa shape index (κ1) is 30.0. The maximum absolute atomic E-state index is 12.5. The number of rotatable bonds is 16. The maximum atomic E-state index is 12.5. The number of hydrogen-bond donors (Lipinski definition) is 1. The molecule has 1 aromatic carbocycles. The summed E-state index contributed by atoms with van der Waals surface area (Å²) in [5.41, 5.74) is 2.27. The van der Waals surface area contributed by atoms with Gasteiger partial charge in [0.25, 0.3) is 0 Å². The Morgan fingerprint density at radius 2 is 1.74 bits per heavy atom. The van der Waals surface area contributed by atoms with Crippen molar-refractivity contribution in [3.8, 4) is 5.75 Å². The Hall–Kier alpha value is -2.57. The second kappa shape index (κ2) is 15.1. The molecule has 0 heterocycles. The van der Waals surface area contributed by atoms with Crippen molar-refractivity contribution in [1.82, 2.24) is 0 Å². The highest BCUT2D eigenvalue weighted by Gasteiger charge is 2.47. The standard InChI is InChI=1S/C31H46O7/c1-4-7-8-13-23(37-30(34)10-5-2)15-16-24-25-17-21-12-9-14-27(36-20-29(32)33)26(21)18-22(25)19-28(24)38-31(35)11-6-3/h9,12,14,22-25,28H,4-8,10-11,13,15-20H2,1-3H3,(H,32,33)/t22-,23-,24+,25-,28+/m0/s1. The molecule has 38 heavy (non-hydrogen) atoms. The second-order valence-corrected chi connectivity index (χ2v) is 11.0. The average molecular weight is 531 g/mol. The Morgan fingerprint density at radius 3 is 2.45 bits per heavy atom. The van der Waals surface area contributed by atoms with Crippen LogP contribution in [0.15, 0.2) is 18.2 Å². The van der Waals surface area contributed by atoms with E-state index >= 15 is 0 Å². The van der Waals surface area contributed by atoms with Crippen molar-refractivity contribution in [2.45, 2.75) is 116 Å². The Morgan fingerprint density at radius 1 is 0.974 bits per heavy atom. The summed E-state index contributed by atoms with van der Waals surface area (Å²) < 4.78 is 17.6. The number of unbranched alkanes of at least 4 members (excludes halogenated alkanes) is 2. The highest BCUT2D eigenvalue weighted by Crippen LogP contribution is 2.49. The predicted octanol–water partition coefficient (Wildman–Crippen LogP) is 6.29. The maximum Gasteiger partial charge on any atom is 0.341 e. The van der Waals surface area contributed by atoms with Gasteiger partial charge in [0.05, 0.1) is 0 Å². The molecule has 0 aliphatic heterocycles. The highest BCUT2D eigenvalue weighted by atomic mass is 16.5. The number of carbonyl (C=O) groups excluding carboxylic acids is 2. The van der Waals surface area contributed by atoms with Gasteiger partial charge < -0.3 is 19.3 Å². The topological polar surface area (TPSA) is 99.1 Å². The fourth-order valence-electron chi connectivity index (χ4n) is 6.33. The van der Waals surface area contributed by atoms with Crippen LogP contribution in [0, 0.1) is 17.8 Å². The van der Waals surface area contributed by atoms with Crippen LogP contribution < -0.4 is 4.74 Å². The van der Waals surface area contributed by atoms with Crippen LogP contribution in [-0.4, -0.2) is 41.8 Å². The van der Waals surface area contributed by atoms with Crippen molar-refractivity contribution < 1.29 is 33.7 Å². The molecule has 0 aromatic heterocycles. The van der Waals surface area contributed by atoms with Crippen LogP contribution in [0.3, 0.4) is 0 Å². The molecule has 0 spiro atoms. The van der Waals surface area contributed by atoms with Gasteiger partial charge in [0, 0.05) is 12.8 Å². The first-order valence-electron chi connectivity index (χ1n) is 14.7. The SMILES string of the molecule is CCCCC[C@@H](CC[C@@H]1[C@H]2Cc3cccc(OCC(=O)O)c3C[C@H]2C[C@H]1OC(=O)CCC)OC(=O)CCC. The number of carboxylic acids is 1. The Labute approximate surface area is 227 Å². The van der Waals surface area contributed by atoms with Gasteiger partial charge in [-0.2, -0.15) is 0 Å². The molecule has 0 amide bonds. The van der Waals surface area contributed by atoms with E-state index in [0.29, 0.717) is 30.4 Å². The van der Waals surface area contributed by atoms with E-state index in [4.69, 9.17) is 19.3 Å². The van der Waals surface area contributed by atoms with Crippen LogP contribution in [0.5, 0.6) is 5.75 Å². The van der Waals surface area contributed by atoms with E-state index in [-0.39, 0.29) is 36.7 Å². The van der Waals surface area contributed by atoms with Gasteiger partial charge in [-0.05, 0) is 92.7 Å². The smallest absolute Gasteiger partial charge is 0.341 e. The molecular formula is C31H46O7. The lowest BCUT2D eigenvalue weighted by atomic mass is 9.73. The fraction of sp³-hybridized carbons (Fsp3) is 0.710. The van der Waals surface area contributed by atoms with Gasteiger partial charge in [0.1, 0.15) is 18.0 Å². The van der Waals surface area contributed by atoms with Crippen molar-refractivity contribution in [3.63, 3.8) is 0 Å². The highest BCUT2D eigenvalue weighted by molar-refractivity contribution is 5.70. The predicted molar refractivity (Wildman–Crippen MR) is 145 cm³/mol. The Bertz CT molecular complexity index is 927. The van der Waals surface area contributed by atoms with E-state index in [1.54, 1.807) is 0 Å². The summed E-state index contributed by atoms with van der Waals surface area (Å²) >= 11 is 0.